The highest BCUT2D eigenvalue weighted by Gasteiger charge is 2.47. The van der Waals surface area contributed by atoms with E-state index in [9.17, 15) is 4.79 Å². The fourth-order valence-electron chi connectivity index (χ4n) is 1.66. The highest BCUT2D eigenvalue weighted by molar-refractivity contribution is 5.66. The van der Waals surface area contributed by atoms with Gasteiger partial charge in [-0.3, -0.25) is 4.79 Å². The Kier molecular flexibility index (Phi) is 4.53. The molecule has 0 saturated carbocycles. The summed E-state index contributed by atoms with van der Waals surface area (Å²) in [6.07, 6.45) is -3.93. The number of hydrogen-bond acceptors (Lipinski definition) is 6. The number of ether oxygens (including phenoxy) is 4. The van der Waals surface area contributed by atoms with Gasteiger partial charge < -0.3 is 24.1 Å². The van der Waals surface area contributed by atoms with E-state index in [2.05, 4.69) is 0 Å². The molecule has 0 unspecified atom stereocenters. The van der Waals surface area contributed by atoms with E-state index in [1.54, 1.807) is 0 Å². The Morgan fingerprint density at radius 2 is 2.19 bits per heavy atom. The van der Waals surface area contributed by atoms with E-state index in [0.717, 1.165) is 0 Å². The molecule has 6 heteroatoms. The van der Waals surface area contributed by atoms with Crippen molar-refractivity contribution in [1.82, 2.24) is 0 Å². The lowest BCUT2D eigenvalue weighted by Gasteiger charge is -2.21. The number of methoxy groups -OCH3 is 2. The Hall–Kier alpha value is -0.690. The average molecular weight is 235 g/mol. The van der Waals surface area contributed by atoms with Gasteiger partial charge in [0, 0.05) is 27.8 Å². The van der Waals surface area contributed by atoms with Crippen molar-refractivity contribution in [3.63, 3.8) is 0 Å². The van der Waals surface area contributed by atoms with Gasteiger partial charge in [0.25, 0.3) is 0 Å². The average Bonchev–Trinajstić information content (AvgIpc) is 2.54. The van der Waals surface area contributed by atoms with Crippen LogP contribution in [0.1, 0.15) is 14.7 Å². The van der Waals surface area contributed by atoms with Crippen LogP contribution >= 0.6 is 0 Å². The Balaban J connectivity index is 2.91. The Morgan fingerprint density at radius 1 is 1.50 bits per heavy atom. The maximum atomic E-state index is 11.0. The molecule has 6 nitrogen and oxygen atoms in total. The van der Waals surface area contributed by atoms with Crippen LogP contribution in [-0.4, -0.2) is 56.5 Å². The van der Waals surface area contributed by atoms with E-state index in [1.165, 1.54) is 21.1 Å². The zero-order valence-electron chi connectivity index (χ0n) is 10.6. The standard InChI is InChI=1S/C10H18O6/c1-6(12)15-9-8(13-2)7(4-5-11)16-10(9)14-3/h7-11H,4-5H2,1-3H3/t7-,8-,9-,10-/m1/s1/i8D. The van der Waals surface area contributed by atoms with E-state index in [-0.39, 0.29) is 13.0 Å². The summed E-state index contributed by atoms with van der Waals surface area (Å²) >= 11 is 0. The van der Waals surface area contributed by atoms with E-state index in [4.69, 9.17) is 25.4 Å². The summed E-state index contributed by atoms with van der Waals surface area (Å²) in [5.41, 5.74) is 0. The monoisotopic (exact) mass is 235 g/mol. The summed E-state index contributed by atoms with van der Waals surface area (Å²) in [6.45, 7) is 1.08. The molecule has 1 saturated heterocycles. The second-order valence-electron chi connectivity index (χ2n) is 3.38. The molecule has 4 atom stereocenters. The maximum Gasteiger partial charge on any atom is 0.303 e. The van der Waals surface area contributed by atoms with Crippen molar-refractivity contribution >= 4 is 5.97 Å². The molecular weight excluding hydrogens is 216 g/mol. The van der Waals surface area contributed by atoms with Gasteiger partial charge in [-0.2, -0.15) is 0 Å². The van der Waals surface area contributed by atoms with Gasteiger partial charge in [-0.25, -0.2) is 0 Å². The maximum absolute atomic E-state index is 11.0. The SMILES string of the molecule is [2H][C@@]1(OC)[C@@H](CCO)O[C@@H](OC)[C@@H]1OC(C)=O. The minimum Gasteiger partial charge on any atom is -0.454 e. The Labute approximate surface area is 95.8 Å². The van der Waals surface area contributed by atoms with Crippen molar-refractivity contribution in [2.45, 2.75) is 37.9 Å². The summed E-state index contributed by atoms with van der Waals surface area (Å²) in [4.78, 5) is 11.0. The van der Waals surface area contributed by atoms with Crippen molar-refractivity contribution < 1.29 is 30.2 Å². The molecule has 1 fully saturated rings. The van der Waals surface area contributed by atoms with E-state index >= 15 is 0 Å². The molecule has 0 bridgehead atoms. The Bertz CT molecular complexity index is 274. The molecule has 1 N–H and O–H groups in total. The van der Waals surface area contributed by atoms with Crippen LogP contribution in [-0.2, 0) is 23.7 Å². The minimum absolute atomic E-state index is 0.155. The second-order valence-corrected chi connectivity index (χ2v) is 3.38. The molecule has 1 aliphatic heterocycles. The number of carbonyl (C=O) groups is 1. The van der Waals surface area contributed by atoms with Crippen LogP contribution in [0.2, 0.25) is 0 Å². The third-order valence-corrected chi connectivity index (χ3v) is 2.30. The topological polar surface area (TPSA) is 74.2 Å². The first-order valence-corrected chi connectivity index (χ1v) is 5.01. The molecule has 0 aromatic carbocycles. The summed E-state index contributed by atoms with van der Waals surface area (Å²) < 4.78 is 28.7. The minimum atomic E-state index is -1.57. The third-order valence-electron chi connectivity index (χ3n) is 2.30. The van der Waals surface area contributed by atoms with Crippen LogP contribution < -0.4 is 0 Å². The first-order chi connectivity index (χ1) is 7.99. The van der Waals surface area contributed by atoms with E-state index < -0.39 is 30.5 Å². The predicted octanol–water partition coefficient (Wildman–Crippen LogP) is -0.313. The fraction of sp³-hybridized carbons (Fsp3) is 0.900. The number of aliphatic hydroxyl groups excluding tert-OH is 1. The van der Waals surface area contributed by atoms with Gasteiger partial charge in [0.05, 0.1) is 7.47 Å². The molecule has 0 aliphatic carbocycles. The lowest BCUT2D eigenvalue weighted by Crippen LogP contribution is -2.38. The van der Waals surface area contributed by atoms with Crippen molar-refractivity contribution in [3.8, 4) is 0 Å². The largest absolute Gasteiger partial charge is 0.454 e. The van der Waals surface area contributed by atoms with Crippen LogP contribution in [0.3, 0.4) is 0 Å². The molecule has 0 amide bonds. The van der Waals surface area contributed by atoms with Crippen molar-refractivity contribution in [2.24, 2.45) is 0 Å². The molecule has 0 aromatic rings. The highest BCUT2D eigenvalue weighted by Crippen LogP contribution is 2.28. The number of hydrogen-bond donors (Lipinski definition) is 1. The first-order valence-electron chi connectivity index (χ1n) is 5.51. The Morgan fingerprint density at radius 3 is 2.62 bits per heavy atom. The normalized spacial score (nSPS) is 39.5. The number of esters is 1. The number of carbonyl (C=O) groups excluding carboxylic acids is 1. The molecule has 16 heavy (non-hydrogen) atoms. The summed E-state index contributed by atoms with van der Waals surface area (Å²) in [7, 11) is 2.72. The quantitative estimate of drug-likeness (QED) is 0.659. The van der Waals surface area contributed by atoms with Crippen LogP contribution in [0, 0.1) is 0 Å². The molecule has 94 valence electrons. The zero-order chi connectivity index (χ0) is 13.1. The molecule has 1 rings (SSSR count). The van der Waals surface area contributed by atoms with Crippen molar-refractivity contribution in [2.75, 3.05) is 20.8 Å². The molecular formula is C10H18O6. The molecule has 0 spiro atoms. The summed E-state index contributed by atoms with van der Waals surface area (Å²) in [5.74, 6) is -0.543. The van der Waals surface area contributed by atoms with Gasteiger partial charge in [0.15, 0.2) is 12.4 Å². The third kappa shape index (κ3) is 2.91. The van der Waals surface area contributed by atoms with Crippen molar-refractivity contribution in [1.29, 1.82) is 0 Å². The highest BCUT2D eigenvalue weighted by atomic mass is 16.7. The van der Waals surface area contributed by atoms with Gasteiger partial charge in [-0.05, 0) is 6.42 Å². The van der Waals surface area contributed by atoms with Crippen LogP contribution in [0.4, 0.5) is 0 Å². The van der Waals surface area contributed by atoms with Gasteiger partial charge in [0.1, 0.15) is 6.08 Å². The zero-order valence-corrected chi connectivity index (χ0v) is 9.63. The molecule has 1 heterocycles. The van der Waals surface area contributed by atoms with E-state index in [1.807, 2.05) is 0 Å². The smallest absolute Gasteiger partial charge is 0.303 e. The van der Waals surface area contributed by atoms with Gasteiger partial charge in [-0.1, -0.05) is 0 Å². The lowest BCUT2D eigenvalue weighted by molar-refractivity contribution is -0.178. The first kappa shape index (κ1) is 11.8. The predicted molar refractivity (Wildman–Crippen MR) is 53.7 cm³/mol. The summed E-state index contributed by atoms with van der Waals surface area (Å²) in [6, 6.07) is 0. The second kappa shape index (κ2) is 6.15. The van der Waals surface area contributed by atoms with Gasteiger partial charge in [-0.15, -0.1) is 0 Å². The lowest BCUT2D eigenvalue weighted by atomic mass is 10.1. The van der Waals surface area contributed by atoms with Crippen LogP contribution in [0.15, 0.2) is 0 Å². The molecule has 0 radical (unpaired) electrons. The van der Waals surface area contributed by atoms with Crippen molar-refractivity contribution in [3.05, 3.63) is 0 Å². The van der Waals surface area contributed by atoms with Crippen LogP contribution in [0.5, 0.6) is 0 Å². The fourth-order valence-corrected chi connectivity index (χ4v) is 1.66. The van der Waals surface area contributed by atoms with Gasteiger partial charge >= 0.3 is 5.97 Å². The van der Waals surface area contributed by atoms with Crippen LogP contribution in [0.25, 0.3) is 0 Å². The molecule has 0 aromatic heterocycles. The number of aliphatic hydroxyl groups is 1. The van der Waals surface area contributed by atoms with E-state index in [0.29, 0.717) is 0 Å². The van der Waals surface area contributed by atoms with Gasteiger partial charge in [0.2, 0.25) is 0 Å². The number of rotatable bonds is 5. The summed E-state index contributed by atoms with van der Waals surface area (Å²) in [5, 5.41) is 8.91. The molecule has 1 aliphatic rings.